The zero-order valence-electron chi connectivity index (χ0n) is 18.5. The number of benzene rings is 1. The van der Waals surface area contributed by atoms with E-state index < -0.39 is 8.32 Å². The number of hydrogen-bond acceptors (Lipinski definition) is 4. The van der Waals surface area contributed by atoms with E-state index in [0.29, 0.717) is 11.6 Å². The van der Waals surface area contributed by atoms with Crippen LogP contribution in [-0.4, -0.2) is 26.1 Å². The highest BCUT2D eigenvalue weighted by Gasteiger charge is 2.38. The molecule has 3 rings (SSSR count). The molecule has 2 heterocycles. The number of rotatable bonds is 6. The summed E-state index contributed by atoms with van der Waals surface area (Å²) in [5.41, 5.74) is 3.57. The van der Waals surface area contributed by atoms with Gasteiger partial charge in [0.1, 0.15) is 17.5 Å². The van der Waals surface area contributed by atoms with Crippen LogP contribution in [0.2, 0.25) is 18.1 Å². The molecule has 0 unspecified atom stereocenters. The van der Waals surface area contributed by atoms with E-state index in [1.54, 1.807) is 0 Å². The number of nitriles is 1. The van der Waals surface area contributed by atoms with Crippen molar-refractivity contribution in [3.63, 3.8) is 0 Å². The maximum atomic E-state index is 9.75. The second kappa shape index (κ2) is 8.25. The highest BCUT2D eigenvalue weighted by Crippen LogP contribution is 2.37. The van der Waals surface area contributed by atoms with E-state index in [1.807, 2.05) is 24.3 Å². The van der Waals surface area contributed by atoms with Crippen molar-refractivity contribution in [2.75, 3.05) is 18.5 Å². The lowest BCUT2D eigenvalue weighted by Gasteiger charge is -2.36. The van der Waals surface area contributed by atoms with Gasteiger partial charge < -0.3 is 19.0 Å². The summed E-state index contributed by atoms with van der Waals surface area (Å²) in [6, 6.07) is 12.5. The third kappa shape index (κ3) is 4.85. The van der Waals surface area contributed by atoms with Crippen molar-refractivity contribution < 1.29 is 9.16 Å². The molecule has 156 valence electrons. The van der Waals surface area contributed by atoms with Crippen molar-refractivity contribution in [1.29, 1.82) is 5.26 Å². The quantitative estimate of drug-likeness (QED) is 0.607. The van der Waals surface area contributed by atoms with Crippen molar-refractivity contribution >= 4 is 19.7 Å². The van der Waals surface area contributed by atoms with Gasteiger partial charge in [0, 0.05) is 30.5 Å². The summed E-state index contributed by atoms with van der Waals surface area (Å²) < 4.78 is 14.0. The summed E-state index contributed by atoms with van der Waals surface area (Å²) in [6.45, 7) is 15.7. The summed E-state index contributed by atoms with van der Waals surface area (Å²) in [7, 11) is -1.85. The van der Waals surface area contributed by atoms with Gasteiger partial charge in [-0.15, -0.1) is 0 Å². The van der Waals surface area contributed by atoms with E-state index in [-0.39, 0.29) is 5.04 Å². The monoisotopic (exact) mass is 411 g/mol. The van der Waals surface area contributed by atoms with Crippen molar-refractivity contribution in [2.24, 2.45) is 5.92 Å². The molecule has 0 radical (unpaired) electrons. The molecule has 1 aromatic carbocycles. The summed E-state index contributed by atoms with van der Waals surface area (Å²) >= 11 is 0. The van der Waals surface area contributed by atoms with E-state index in [0.717, 1.165) is 49.0 Å². The standard InChI is InChI=1S/C23H33N3O2Si/c1-17-13-21(22(14-24)26(17)15-18-11-12-27-16-18)25-19-7-9-20(10-8-19)28-29(5,6)23(2,3)4/h7-10,13,18,25H,11-12,15-16H2,1-6H3/t18-/m0/s1. The van der Waals surface area contributed by atoms with E-state index in [2.05, 4.69) is 62.8 Å². The molecule has 2 aromatic rings. The average molecular weight is 412 g/mol. The average Bonchev–Trinajstić information content (AvgIpc) is 3.24. The zero-order valence-corrected chi connectivity index (χ0v) is 19.5. The van der Waals surface area contributed by atoms with Gasteiger partial charge in [0.05, 0.1) is 12.3 Å². The smallest absolute Gasteiger partial charge is 0.250 e. The van der Waals surface area contributed by atoms with E-state index >= 15 is 0 Å². The number of aromatic nitrogens is 1. The molecule has 5 nitrogen and oxygen atoms in total. The minimum absolute atomic E-state index is 0.163. The number of hydrogen-bond donors (Lipinski definition) is 1. The Kier molecular flexibility index (Phi) is 6.11. The molecule has 1 aromatic heterocycles. The largest absolute Gasteiger partial charge is 0.544 e. The number of anilines is 2. The Hall–Kier alpha value is -2.23. The summed E-state index contributed by atoms with van der Waals surface area (Å²) in [4.78, 5) is 0. The fourth-order valence-electron chi connectivity index (χ4n) is 3.32. The number of aryl methyl sites for hydroxylation is 1. The Balaban J connectivity index is 1.74. The topological polar surface area (TPSA) is 59.2 Å². The van der Waals surface area contributed by atoms with Crippen molar-refractivity contribution in [3.8, 4) is 11.8 Å². The predicted octanol–water partition coefficient (Wildman–Crippen LogP) is 5.83. The molecule has 0 amide bonds. The first-order chi connectivity index (χ1) is 13.6. The Morgan fingerprint density at radius 3 is 2.52 bits per heavy atom. The van der Waals surface area contributed by atoms with Gasteiger partial charge in [-0.05, 0) is 61.8 Å². The summed E-state index contributed by atoms with van der Waals surface area (Å²) in [5.74, 6) is 1.38. The highest BCUT2D eigenvalue weighted by atomic mass is 28.4. The maximum Gasteiger partial charge on any atom is 0.250 e. The van der Waals surface area contributed by atoms with Gasteiger partial charge in [0.15, 0.2) is 0 Å². The summed E-state index contributed by atoms with van der Waals surface area (Å²) in [5, 5.41) is 13.3. The Morgan fingerprint density at radius 2 is 1.97 bits per heavy atom. The molecule has 6 heteroatoms. The van der Waals surface area contributed by atoms with Crippen molar-refractivity contribution in [1.82, 2.24) is 4.57 Å². The summed E-state index contributed by atoms with van der Waals surface area (Å²) in [6.07, 6.45) is 1.06. The SMILES string of the molecule is Cc1cc(Nc2ccc(O[Si](C)(C)C(C)(C)C)cc2)c(C#N)n1C[C@@H]1CCOC1. The fourth-order valence-corrected chi connectivity index (χ4v) is 4.35. The predicted molar refractivity (Wildman–Crippen MR) is 120 cm³/mol. The lowest BCUT2D eigenvalue weighted by atomic mass is 10.1. The fraction of sp³-hybridized carbons (Fsp3) is 0.522. The molecule has 1 N–H and O–H groups in total. The van der Waals surface area contributed by atoms with Crippen LogP contribution in [0.5, 0.6) is 5.75 Å². The van der Waals surface area contributed by atoms with Gasteiger partial charge in [0.25, 0.3) is 0 Å². The van der Waals surface area contributed by atoms with Crippen LogP contribution in [0.25, 0.3) is 0 Å². The minimum Gasteiger partial charge on any atom is -0.544 e. The molecule has 1 aliphatic rings. The molecular formula is C23H33N3O2Si. The van der Waals surface area contributed by atoms with Crippen LogP contribution < -0.4 is 9.74 Å². The Labute approximate surface area is 175 Å². The number of nitrogens with one attached hydrogen (secondary N) is 1. The molecule has 0 saturated carbocycles. The van der Waals surface area contributed by atoms with E-state index in [4.69, 9.17) is 9.16 Å². The highest BCUT2D eigenvalue weighted by molar-refractivity contribution is 6.74. The van der Waals surface area contributed by atoms with Gasteiger partial charge in [-0.25, -0.2) is 0 Å². The molecule has 1 aliphatic heterocycles. The molecule has 0 bridgehead atoms. The lowest BCUT2D eigenvalue weighted by molar-refractivity contribution is 0.182. The molecule has 0 aliphatic carbocycles. The molecule has 0 spiro atoms. The number of ether oxygens (including phenoxy) is 1. The van der Waals surface area contributed by atoms with Crippen LogP contribution in [0.4, 0.5) is 11.4 Å². The second-order valence-electron chi connectivity index (χ2n) is 9.51. The molecule has 1 atom stereocenters. The van der Waals surface area contributed by atoms with Gasteiger partial charge in [0.2, 0.25) is 8.32 Å². The first-order valence-electron chi connectivity index (χ1n) is 10.3. The van der Waals surface area contributed by atoms with Crippen molar-refractivity contribution in [3.05, 3.63) is 41.7 Å². The van der Waals surface area contributed by atoms with Gasteiger partial charge in [-0.2, -0.15) is 5.26 Å². The van der Waals surface area contributed by atoms with Crippen LogP contribution in [0.3, 0.4) is 0 Å². The first-order valence-corrected chi connectivity index (χ1v) is 13.3. The molecule has 1 fully saturated rings. The van der Waals surface area contributed by atoms with Crippen LogP contribution in [0, 0.1) is 24.2 Å². The van der Waals surface area contributed by atoms with Crippen molar-refractivity contribution in [2.45, 2.75) is 58.8 Å². The number of nitrogens with zero attached hydrogens (tertiary/aromatic N) is 2. The maximum absolute atomic E-state index is 9.75. The Bertz CT molecular complexity index is 883. The lowest BCUT2D eigenvalue weighted by Crippen LogP contribution is -2.43. The molecule has 29 heavy (non-hydrogen) atoms. The minimum atomic E-state index is -1.85. The van der Waals surface area contributed by atoms with Gasteiger partial charge in [-0.3, -0.25) is 0 Å². The second-order valence-corrected chi connectivity index (χ2v) is 14.2. The molecular weight excluding hydrogens is 378 g/mol. The van der Waals surface area contributed by atoms with Crippen LogP contribution in [0.15, 0.2) is 30.3 Å². The molecule has 1 saturated heterocycles. The van der Waals surface area contributed by atoms with Crippen LogP contribution in [-0.2, 0) is 11.3 Å². The third-order valence-corrected chi connectivity index (χ3v) is 10.5. The van der Waals surface area contributed by atoms with E-state index in [1.165, 1.54) is 0 Å². The normalized spacial score (nSPS) is 17.2. The van der Waals surface area contributed by atoms with Gasteiger partial charge >= 0.3 is 0 Å². The first kappa shape index (κ1) is 21.5. The Morgan fingerprint density at radius 1 is 1.28 bits per heavy atom. The van der Waals surface area contributed by atoms with Crippen LogP contribution in [0.1, 0.15) is 38.6 Å². The van der Waals surface area contributed by atoms with Crippen LogP contribution >= 0.6 is 0 Å². The zero-order chi connectivity index (χ0) is 21.2. The third-order valence-electron chi connectivity index (χ3n) is 6.19. The van der Waals surface area contributed by atoms with Gasteiger partial charge in [-0.1, -0.05) is 20.8 Å². The van der Waals surface area contributed by atoms with E-state index in [9.17, 15) is 5.26 Å².